The average molecular weight is 413 g/mol. The van der Waals surface area contributed by atoms with Crippen molar-refractivity contribution in [3.05, 3.63) is 60.9 Å². The van der Waals surface area contributed by atoms with Gasteiger partial charge in [-0.2, -0.15) is 0 Å². The molecular formula is C23H23N7O. The number of hydrogen-bond donors (Lipinski definition) is 1. The lowest BCUT2D eigenvalue weighted by Crippen LogP contribution is -2.30. The number of piperidine rings is 1. The number of pyridine rings is 3. The maximum absolute atomic E-state index is 12.9. The van der Waals surface area contributed by atoms with Crippen molar-refractivity contribution in [1.82, 2.24) is 24.5 Å². The molecule has 1 fully saturated rings. The smallest absolute Gasteiger partial charge is 0.257 e. The van der Waals surface area contributed by atoms with E-state index in [0.29, 0.717) is 11.4 Å². The Balaban J connectivity index is 1.38. The number of carbonyl (C=O) groups excluding carboxylic acids is 1. The van der Waals surface area contributed by atoms with Gasteiger partial charge in [-0.25, -0.2) is 15.0 Å². The number of aryl methyl sites for hydroxylation is 1. The predicted octanol–water partition coefficient (Wildman–Crippen LogP) is 3.67. The first-order chi connectivity index (χ1) is 15.2. The molecule has 0 unspecified atom stereocenters. The third-order valence-electron chi connectivity index (χ3n) is 5.61. The number of aromatic nitrogens is 5. The summed E-state index contributed by atoms with van der Waals surface area (Å²) in [6, 6.07) is 7.44. The highest BCUT2D eigenvalue weighted by atomic mass is 16.1. The monoisotopic (exact) mass is 413 g/mol. The Bertz CT molecular complexity index is 1240. The second-order valence-corrected chi connectivity index (χ2v) is 7.78. The molecule has 1 saturated heterocycles. The summed E-state index contributed by atoms with van der Waals surface area (Å²) in [5.74, 6) is 1.13. The molecule has 8 heteroatoms. The van der Waals surface area contributed by atoms with Gasteiger partial charge in [0.05, 0.1) is 29.9 Å². The Labute approximate surface area is 180 Å². The fourth-order valence-corrected chi connectivity index (χ4v) is 3.92. The fourth-order valence-electron chi connectivity index (χ4n) is 3.92. The summed E-state index contributed by atoms with van der Waals surface area (Å²) in [7, 11) is 1.94. The van der Waals surface area contributed by atoms with Gasteiger partial charge >= 0.3 is 0 Å². The number of fused-ring (bicyclic) bond motifs is 1. The van der Waals surface area contributed by atoms with Crippen LogP contribution in [0, 0.1) is 0 Å². The van der Waals surface area contributed by atoms with E-state index in [2.05, 4.69) is 30.2 Å². The van der Waals surface area contributed by atoms with Gasteiger partial charge in [0, 0.05) is 49.0 Å². The second-order valence-electron chi connectivity index (χ2n) is 7.78. The molecule has 0 bridgehead atoms. The lowest BCUT2D eigenvalue weighted by atomic mass is 10.1. The Kier molecular flexibility index (Phi) is 5.03. The third-order valence-corrected chi connectivity index (χ3v) is 5.61. The lowest BCUT2D eigenvalue weighted by molar-refractivity contribution is 0.102. The summed E-state index contributed by atoms with van der Waals surface area (Å²) < 4.78 is 1.94. The molecule has 1 amide bonds. The van der Waals surface area contributed by atoms with Crippen molar-refractivity contribution in [2.75, 3.05) is 23.3 Å². The molecular weight excluding hydrogens is 390 g/mol. The average Bonchev–Trinajstić information content (AvgIpc) is 3.25. The highest BCUT2D eigenvalue weighted by Crippen LogP contribution is 2.24. The van der Waals surface area contributed by atoms with Gasteiger partial charge in [-0.15, -0.1) is 0 Å². The summed E-state index contributed by atoms with van der Waals surface area (Å²) in [5, 5.41) is 3.80. The van der Waals surface area contributed by atoms with Crippen LogP contribution in [0.25, 0.3) is 22.2 Å². The zero-order valence-electron chi connectivity index (χ0n) is 17.3. The van der Waals surface area contributed by atoms with Crippen LogP contribution in [0.5, 0.6) is 0 Å². The van der Waals surface area contributed by atoms with E-state index in [4.69, 9.17) is 0 Å². The van der Waals surface area contributed by atoms with Crippen LogP contribution in [0.2, 0.25) is 0 Å². The zero-order valence-corrected chi connectivity index (χ0v) is 17.3. The van der Waals surface area contributed by atoms with Crippen LogP contribution in [-0.2, 0) is 7.05 Å². The number of anilines is 2. The highest BCUT2D eigenvalue weighted by Gasteiger charge is 2.15. The van der Waals surface area contributed by atoms with Crippen molar-refractivity contribution in [3.63, 3.8) is 0 Å². The molecule has 0 spiro atoms. The van der Waals surface area contributed by atoms with Crippen LogP contribution < -0.4 is 10.2 Å². The fraction of sp³-hybridized carbons (Fsp3) is 0.261. The maximum atomic E-state index is 12.9. The Morgan fingerprint density at radius 1 is 1.00 bits per heavy atom. The van der Waals surface area contributed by atoms with Crippen molar-refractivity contribution in [2.24, 2.45) is 7.05 Å². The quantitative estimate of drug-likeness (QED) is 0.549. The molecule has 0 radical (unpaired) electrons. The standard InChI is InChI=1S/C23H23N7O/c1-29-15-24-14-20(29)18-9-17-10-21(27-13-19(17)26-12-18)28-23(31)16-5-6-25-22(11-16)30-7-3-2-4-8-30/h5-6,9-15H,2-4,7-8H2,1H3,(H,27,28,31). The Hall–Kier alpha value is -3.81. The van der Waals surface area contributed by atoms with E-state index in [-0.39, 0.29) is 5.91 Å². The molecule has 0 saturated carbocycles. The van der Waals surface area contributed by atoms with E-state index in [1.807, 2.05) is 29.8 Å². The number of carbonyl (C=O) groups is 1. The Morgan fingerprint density at radius 2 is 1.87 bits per heavy atom. The second kappa shape index (κ2) is 8.14. The van der Waals surface area contributed by atoms with Gasteiger partial charge in [0.25, 0.3) is 5.91 Å². The van der Waals surface area contributed by atoms with Gasteiger partial charge in [-0.3, -0.25) is 9.78 Å². The largest absolute Gasteiger partial charge is 0.357 e. The molecule has 5 heterocycles. The molecule has 0 aromatic carbocycles. The summed E-state index contributed by atoms with van der Waals surface area (Å²) in [6.45, 7) is 1.96. The maximum Gasteiger partial charge on any atom is 0.257 e. The molecule has 8 nitrogen and oxygen atoms in total. The SMILES string of the molecule is Cn1cncc1-c1cnc2cnc(NC(=O)c3ccnc(N4CCCCC4)c3)cc2c1. The minimum absolute atomic E-state index is 0.205. The number of hydrogen-bond acceptors (Lipinski definition) is 6. The first-order valence-corrected chi connectivity index (χ1v) is 10.4. The van der Waals surface area contributed by atoms with E-state index in [9.17, 15) is 4.79 Å². The predicted molar refractivity (Wildman–Crippen MR) is 120 cm³/mol. The molecule has 156 valence electrons. The molecule has 5 rings (SSSR count). The number of nitrogens with one attached hydrogen (secondary N) is 1. The number of imidazole rings is 1. The summed E-state index contributed by atoms with van der Waals surface area (Å²) in [6.07, 6.45) is 12.3. The van der Waals surface area contributed by atoms with Crippen molar-refractivity contribution >= 4 is 28.4 Å². The van der Waals surface area contributed by atoms with Gasteiger partial charge in [-0.1, -0.05) is 0 Å². The van der Waals surface area contributed by atoms with Crippen LogP contribution in [0.15, 0.2) is 55.4 Å². The van der Waals surface area contributed by atoms with Gasteiger partial charge in [0.15, 0.2) is 0 Å². The minimum atomic E-state index is -0.205. The summed E-state index contributed by atoms with van der Waals surface area (Å²) in [5.41, 5.74) is 3.26. The van der Waals surface area contributed by atoms with E-state index >= 15 is 0 Å². The number of rotatable bonds is 4. The lowest BCUT2D eigenvalue weighted by Gasteiger charge is -2.27. The Morgan fingerprint density at radius 3 is 2.68 bits per heavy atom. The zero-order chi connectivity index (χ0) is 21.2. The molecule has 0 aliphatic carbocycles. The number of nitrogens with zero attached hydrogens (tertiary/aromatic N) is 6. The van der Waals surface area contributed by atoms with Crippen molar-refractivity contribution in [1.29, 1.82) is 0 Å². The van der Waals surface area contributed by atoms with E-state index in [1.165, 1.54) is 6.42 Å². The highest BCUT2D eigenvalue weighted by molar-refractivity contribution is 6.04. The summed E-state index contributed by atoms with van der Waals surface area (Å²) >= 11 is 0. The third kappa shape index (κ3) is 3.96. The molecule has 1 aliphatic rings. The molecule has 0 atom stereocenters. The van der Waals surface area contributed by atoms with Gasteiger partial charge in [0.2, 0.25) is 0 Å². The van der Waals surface area contributed by atoms with Crippen LogP contribution in [-0.4, -0.2) is 43.5 Å². The van der Waals surface area contributed by atoms with E-state index in [0.717, 1.165) is 53.9 Å². The molecule has 4 aromatic rings. The molecule has 1 aliphatic heterocycles. The topological polar surface area (TPSA) is 88.8 Å². The number of amides is 1. The van der Waals surface area contributed by atoms with Crippen molar-refractivity contribution < 1.29 is 4.79 Å². The summed E-state index contributed by atoms with van der Waals surface area (Å²) in [4.78, 5) is 32.6. The van der Waals surface area contributed by atoms with Crippen LogP contribution in [0.1, 0.15) is 29.6 Å². The van der Waals surface area contributed by atoms with Crippen LogP contribution in [0.4, 0.5) is 11.6 Å². The van der Waals surface area contributed by atoms with Crippen LogP contribution >= 0.6 is 0 Å². The van der Waals surface area contributed by atoms with Crippen LogP contribution in [0.3, 0.4) is 0 Å². The molecule has 31 heavy (non-hydrogen) atoms. The molecule has 1 N–H and O–H groups in total. The normalized spacial score (nSPS) is 14.0. The van der Waals surface area contributed by atoms with Gasteiger partial charge in [0.1, 0.15) is 11.6 Å². The van der Waals surface area contributed by atoms with Crippen molar-refractivity contribution in [3.8, 4) is 11.3 Å². The minimum Gasteiger partial charge on any atom is -0.357 e. The van der Waals surface area contributed by atoms with Crippen molar-refractivity contribution in [2.45, 2.75) is 19.3 Å². The first kappa shape index (κ1) is 19.2. The molecule has 4 aromatic heterocycles. The first-order valence-electron chi connectivity index (χ1n) is 10.4. The van der Waals surface area contributed by atoms with Gasteiger partial charge in [-0.05, 0) is 43.5 Å². The van der Waals surface area contributed by atoms with E-state index < -0.39 is 0 Å². The van der Waals surface area contributed by atoms with E-state index in [1.54, 1.807) is 37.2 Å². The van der Waals surface area contributed by atoms with Gasteiger partial charge < -0.3 is 14.8 Å².